The van der Waals surface area contributed by atoms with Crippen molar-refractivity contribution in [2.24, 2.45) is 23.2 Å². The van der Waals surface area contributed by atoms with E-state index in [-0.39, 0.29) is 31.4 Å². The number of hydrogen-bond acceptors (Lipinski definition) is 5. The molecule has 6 atom stereocenters. The second-order valence-electron chi connectivity index (χ2n) is 10.8. The van der Waals surface area contributed by atoms with E-state index in [4.69, 9.17) is 9.84 Å². The number of rotatable bonds is 8. The standard InChI is InChI=1S/C27H37IN2O5/c1-16(32)30(15-17-8-9-19-14-20(17)27(19,2)3)22-12-18(26(34)29-10-11-31)13-24(25(22)33)35-23-7-5-4-6-21(23)28/h4-7,13,17,19-20,22,24-25,31,33H,8-12,14-15H2,1-3H3,(H,29,34)/t17-,19-,20-,22+,24-,25-/m0/s1. The van der Waals surface area contributed by atoms with Crippen molar-refractivity contribution in [3.63, 3.8) is 0 Å². The molecular formula is C27H37IN2O5. The normalized spacial score (nSPS) is 31.1. The summed E-state index contributed by atoms with van der Waals surface area (Å²) in [5.41, 5.74) is 0.755. The SMILES string of the molecule is CC(=O)N(C[C@@H]1CC[C@H]2C[C@@H]1C2(C)C)[C@@H]1CC(C(=O)NCCO)=C[C@H](Oc2ccccc2I)[C@H]1O. The Morgan fingerprint density at radius 3 is 2.63 bits per heavy atom. The number of ether oxygens (including phenoxy) is 1. The molecule has 1 aromatic rings. The molecule has 7 nitrogen and oxygen atoms in total. The zero-order chi connectivity index (χ0) is 25.3. The second-order valence-corrected chi connectivity index (χ2v) is 12.0. The van der Waals surface area contributed by atoms with E-state index in [9.17, 15) is 14.7 Å². The number of hydrogen-bond donors (Lipinski definition) is 3. The van der Waals surface area contributed by atoms with Crippen LogP contribution in [0.15, 0.2) is 35.9 Å². The van der Waals surface area contributed by atoms with Gasteiger partial charge in [0.1, 0.15) is 18.0 Å². The van der Waals surface area contributed by atoms with E-state index in [1.54, 1.807) is 17.9 Å². The van der Waals surface area contributed by atoms with Crippen molar-refractivity contribution in [2.45, 2.75) is 64.7 Å². The lowest BCUT2D eigenvalue weighted by molar-refractivity contribution is -0.146. The van der Waals surface area contributed by atoms with Crippen LogP contribution >= 0.6 is 22.6 Å². The van der Waals surface area contributed by atoms with E-state index >= 15 is 0 Å². The van der Waals surface area contributed by atoms with Crippen LogP contribution in [0, 0.1) is 26.7 Å². The fraction of sp³-hybridized carbons (Fsp3) is 0.630. The van der Waals surface area contributed by atoms with Crippen LogP contribution in [0.4, 0.5) is 0 Å². The average Bonchev–Trinajstić information content (AvgIpc) is 2.83. The van der Waals surface area contributed by atoms with Crippen molar-refractivity contribution >= 4 is 34.4 Å². The van der Waals surface area contributed by atoms with E-state index in [2.05, 4.69) is 41.8 Å². The number of nitrogens with one attached hydrogen (secondary N) is 1. The molecule has 35 heavy (non-hydrogen) atoms. The van der Waals surface area contributed by atoms with Gasteiger partial charge in [-0.2, -0.15) is 0 Å². The highest BCUT2D eigenvalue weighted by Crippen LogP contribution is 2.61. The summed E-state index contributed by atoms with van der Waals surface area (Å²) >= 11 is 2.18. The van der Waals surface area contributed by atoms with Crippen LogP contribution < -0.4 is 10.1 Å². The van der Waals surface area contributed by atoms with Gasteiger partial charge < -0.3 is 25.2 Å². The van der Waals surface area contributed by atoms with Gasteiger partial charge in [0.15, 0.2) is 0 Å². The molecule has 0 radical (unpaired) electrons. The summed E-state index contributed by atoms with van der Waals surface area (Å²) in [7, 11) is 0. The molecule has 0 aliphatic heterocycles. The smallest absolute Gasteiger partial charge is 0.247 e. The topological polar surface area (TPSA) is 99.1 Å². The Balaban J connectivity index is 1.59. The number of aliphatic hydroxyl groups is 2. The summed E-state index contributed by atoms with van der Waals surface area (Å²) in [6.07, 6.45) is 3.63. The molecule has 3 saturated carbocycles. The molecule has 0 unspecified atom stereocenters. The molecule has 0 saturated heterocycles. The zero-order valence-corrected chi connectivity index (χ0v) is 22.9. The lowest BCUT2D eigenvalue weighted by Crippen LogP contribution is -2.59. The van der Waals surface area contributed by atoms with Crippen molar-refractivity contribution in [3.05, 3.63) is 39.5 Å². The number of nitrogens with zero attached hydrogens (tertiary/aromatic N) is 1. The summed E-state index contributed by atoms with van der Waals surface area (Å²) in [6.45, 7) is 6.78. The van der Waals surface area contributed by atoms with E-state index in [0.717, 1.165) is 15.9 Å². The molecule has 4 aliphatic carbocycles. The molecule has 5 rings (SSSR count). The van der Waals surface area contributed by atoms with E-state index in [1.165, 1.54) is 12.8 Å². The monoisotopic (exact) mass is 596 g/mol. The molecule has 2 amide bonds. The predicted octanol–water partition coefficient (Wildman–Crippen LogP) is 3.13. The first-order valence-electron chi connectivity index (χ1n) is 12.6. The Morgan fingerprint density at radius 1 is 1.26 bits per heavy atom. The molecule has 3 N–H and O–H groups in total. The van der Waals surface area contributed by atoms with Crippen LogP contribution in [0.5, 0.6) is 5.75 Å². The highest BCUT2D eigenvalue weighted by atomic mass is 127. The van der Waals surface area contributed by atoms with Gasteiger partial charge in [-0.1, -0.05) is 26.0 Å². The number of aliphatic hydroxyl groups excluding tert-OH is 2. The Bertz CT molecular complexity index is 978. The minimum absolute atomic E-state index is 0.0987. The highest BCUT2D eigenvalue weighted by Gasteiger charge is 2.55. The highest BCUT2D eigenvalue weighted by molar-refractivity contribution is 14.1. The number of amides is 2. The minimum Gasteiger partial charge on any atom is -0.482 e. The molecule has 2 bridgehead atoms. The molecule has 0 heterocycles. The van der Waals surface area contributed by atoms with Crippen LogP contribution in [0.1, 0.15) is 46.5 Å². The molecule has 0 spiro atoms. The summed E-state index contributed by atoms with van der Waals surface area (Å²) in [5, 5.41) is 23.3. The molecular weight excluding hydrogens is 559 g/mol. The third kappa shape index (κ3) is 5.39. The van der Waals surface area contributed by atoms with Gasteiger partial charge in [0.25, 0.3) is 0 Å². The molecule has 192 valence electrons. The van der Waals surface area contributed by atoms with Gasteiger partial charge in [0.05, 0.1) is 16.2 Å². The van der Waals surface area contributed by atoms with Crippen LogP contribution in [0.3, 0.4) is 0 Å². The van der Waals surface area contributed by atoms with Gasteiger partial charge in [-0.15, -0.1) is 0 Å². The van der Waals surface area contributed by atoms with Crippen LogP contribution in [-0.4, -0.2) is 64.9 Å². The minimum atomic E-state index is -0.977. The van der Waals surface area contributed by atoms with Gasteiger partial charge >= 0.3 is 0 Å². The maximum atomic E-state index is 12.9. The van der Waals surface area contributed by atoms with Crippen molar-refractivity contribution in [1.29, 1.82) is 0 Å². The van der Waals surface area contributed by atoms with Crippen molar-refractivity contribution in [2.75, 3.05) is 19.7 Å². The molecule has 4 aliphatic rings. The summed E-state index contributed by atoms with van der Waals surface area (Å²) in [5.74, 6) is 1.94. The fourth-order valence-corrected chi connectivity index (χ4v) is 6.91. The van der Waals surface area contributed by atoms with E-state index < -0.39 is 18.2 Å². The Hall–Kier alpha value is -1.65. The van der Waals surface area contributed by atoms with E-state index in [0.29, 0.717) is 35.1 Å². The maximum Gasteiger partial charge on any atom is 0.247 e. The average molecular weight is 597 g/mol. The quantitative estimate of drug-likeness (QED) is 0.401. The fourth-order valence-electron chi connectivity index (χ4n) is 6.40. The van der Waals surface area contributed by atoms with Crippen molar-refractivity contribution in [3.8, 4) is 5.75 Å². The number of carbonyl (C=O) groups excluding carboxylic acids is 2. The Morgan fingerprint density at radius 2 is 2.00 bits per heavy atom. The number of fused-ring (bicyclic) bond motifs is 2. The molecule has 1 aromatic carbocycles. The van der Waals surface area contributed by atoms with Crippen molar-refractivity contribution in [1.82, 2.24) is 10.2 Å². The van der Waals surface area contributed by atoms with Crippen LogP contribution in [0.25, 0.3) is 0 Å². The van der Waals surface area contributed by atoms with Gasteiger partial charge in [0.2, 0.25) is 11.8 Å². The maximum absolute atomic E-state index is 12.9. The summed E-state index contributed by atoms with van der Waals surface area (Å²) in [6, 6.07) is 6.95. The largest absolute Gasteiger partial charge is 0.482 e. The van der Waals surface area contributed by atoms with Gasteiger partial charge in [0, 0.05) is 32.0 Å². The van der Waals surface area contributed by atoms with Crippen LogP contribution in [-0.2, 0) is 9.59 Å². The molecule has 0 aromatic heterocycles. The predicted molar refractivity (Wildman–Crippen MR) is 142 cm³/mol. The summed E-state index contributed by atoms with van der Waals surface area (Å²) in [4.78, 5) is 27.6. The molecule has 3 fully saturated rings. The number of carbonyl (C=O) groups is 2. The lowest BCUT2D eigenvalue weighted by atomic mass is 9.45. The zero-order valence-electron chi connectivity index (χ0n) is 20.7. The number of halogens is 1. The third-order valence-electron chi connectivity index (χ3n) is 8.55. The lowest BCUT2D eigenvalue weighted by Gasteiger charge is -2.61. The number of para-hydroxylation sites is 1. The summed E-state index contributed by atoms with van der Waals surface area (Å²) < 4.78 is 7.09. The first-order valence-corrected chi connectivity index (χ1v) is 13.7. The second kappa shape index (κ2) is 10.8. The van der Waals surface area contributed by atoms with Gasteiger partial charge in [-0.25, -0.2) is 0 Å². The van der Waals surface area contributed by atoms with Gasteiger partial charge in [-0.05, 0) is 83.2 Å². The molecule has 8 heteroatoms. The third-order valence-corrected chi connectivity index (χ3v) is 9.44. The number of benzene rings is 1. The Labute approximate surface area is 221 Å². The van der Waals surface area contributed by atoms with E-state index in [1.807, 2.05) is 24.3 Å². The Kier molecular flexibility index (Phi) is 8.12. The van der Waals surface area contributed by atoms with Crippen LogP contribution in [0.2, 0.25) is 0 Å². The first-order chi connectivity index (χ1) is 16.6. The first kappa shape index (κ1) is 26.4. The van der Waals surface area contributed by atoms with Gasteiger partial charge in [-0.3, -0.25) is 9.59 Å². The van der Waals surface area contributed by atoms with Crippen molar-refractivity contribution < 1.29 is 24.5 Å².